The number of hydrogen-bond acceptors (Lipinski definition) is 4. The van der Waals surface area contributed by atoms with Crippen molar-refractivity contribution in [2.24, 2.45) is 0 Å². The normalized spacial score (nSPS) is 11.1. The smallest absolute Gasteiger partial charge is 0.269 e. The summed E-state index contributed by atoms with van der Waals surface area (Å²) in [5, 5.41) is 2.66. The van der Waals surface area contributed by atoms with Crippen molar-refractivity contribution in [3.05, 3.63) is 29.0 Å². The SMILES string of the molecule is CS(=O)(=O)CCNC(=O)c1cccc(Cl)n1. The van der Waals surface area contributed by atoms with Crippen molar-refractivity contribution < 1.29 is 13.2 Å². The molecule has 0 saturated heterocycles. The summed E-state index contributed by atoms with van der Waals surface area (Å²) in [6, 6.07) is 4.65. The number of aromatic nitrogens is 1. The number of carbonyl (C=O) groups excluding carboxylic acids is 1. The molecule has 1 aromatic rings. The maximum atomic E-state index is 11.5. The minimum Gasteiger partial charge on any atom is -0.350 e. The van der Waals surface area contributed by atoms with E-state index in [2.05, 4.69) is 10.3 Å². The molecule has 0 radical (unpaired) electrons. The summed E-state index contributed by atoms with van der Waals surface area (Å²) in [7, 11) is -3.07. The van der Waals surface area contributed by atoms with E-state index in [4.69, 9.17) is 11.6 Å². The van der Waals surface area contributed by atoms with Crippen molar-refractivity contribution in [3.8, 4) is 0 Å². The lowest BCUT2D eigenvalue weighted by Crippen LogP contribution is -2.29. The first-order valence-electron chi connectivity index (χ1n) is 4.47. The average molecular weight is 263 g/mol. The van der Waals surface area contributed by atoms with Crippen LogP contribution in [0.5, 0.6) is 0 Å². The predicted molar refractivity (Wildman–Crippen MR) is 61.3 cm³/mol. The molecule has 0 aliphatic heterocycles. The molecule has 0 atom stereocenters. The van der Waals surface area contributed by atoms with Crippen LogP contribution in [0.4, 0.5) is 0 Å². The zero-order chi connectivity index (χ0) is 12.2. The highest BCUT2D eigenvalue weighted by molar-refractivity contribution is 7.90. The van der Waals surface area contributed by atoms with Gasteiger partial charge in [-0.3, -0.25) is 4.79 Å². The van der Waals surface area contributed by atoms with E-state index in [1.807, 2.05) is 0 Å². The number of carbonyl (C=O) groups is 1. The van der Waals surface area contributed by atoms with Gasteiger partial charge in [-0.25, -0.2) is 13.4 Å². The molecule has 0 unspecified atom stereocenters. The second-order valence-corrected chi connectivity index (χ2v) is 5.88. The van der Waals surface area contributed by atoms with Crippen molar-refractivity contribution in [2.75, 3.05) is 18.6 Å². The van der Waals surface area contributed by atoms with Gasteiger partial charge in [0.2, 0.25) is 0 Å². The van der Waals surface area contributed by atoms with Gasteiger partial charge in [0.05, 0.1) is 5.75 Å². The molecule has 88 valence electrons. The molecule has 1 rings (SSSR count). The van der Waals surface area contributed by atoms with Gasteiger partial charge in [-0.1, -0.05) is 17.7 Å². The highest BCUT2D eigenvalue weighted by Gasteiger charge is 2.08. The summed E-state index contributed by atoms with van der Waals surface area (Å²) in [5.41, 5.74) is 0.168. The maximum Gasteiger partial charge on any atom is 0.269 e. The molecular formula is C9H11ClN2O3S. The van der Waals surface area contributed by atoms with E-state index in [-0.39, 0.29) is 23.1 Å². The fourth-order valence-corrected chi connectivity index (χ4v) is 1.61. The molecule has 16 heavy (non-hydrogen) atoms. The zero-order valence-electron chi connectivity index (χ0n) is 8.60. The van der Waals surface area contributed by atoms with Crippen molar-refractivity contribution in [1.29, 1.82) is 0 Å². The lowest BCUT2D eigenvalue weighted by atomic mass is 10.3. The van der Waals surface area contributed by atoms with Gasteiger partial charge in [0.1, 0.15) is 20.7 Å². The van der Waals surface area contributed by atoms with Crippen LogP contribution in [0.3, 0.4) is 0 Å². The molecule has 0 aliphatic carbocycles. The summed E-state index contributed by atoms with van der Waals surface area (Å²) < 4.78 is 21.6. The van der Waals surface area contributed by atoms with Crippen molar-refractivity contribution in [1.82, 2.24) is 10.3 Å². The van der Waals surface area contributed by atoms with E-state index in [1.54, 1.807) is 12.1 Å². The average Bonchev–Trinajstić information content (AvgIpc) is 2.15. The molecule has 0 aliphatic rings. The summed E-state index contributed by atoms with van der Waals surface area (Å²) in [6.45, 7) is 0.0614. The molecular weight excluding hydrogens is 252 g/mol. The van der Waals surface area contributed by atoms with E-state index < -0.39 is 15.7 Å². The van der Waals surface area contributed by atoms with Gasteiger partial charge in [0.15, 0.2) is 0 Å². The molecule has 0 aromatic carbocycles. The van der Waals surface area contributed by atoms with Gasteiger partial charge < -0.3 is 5.32 Å². The third-order valence-electron chi connectivity index (χ3n) is 1.71. The predicted octanol–water partition coefficient (Wildman–Crippen LogP) is 0.509. The number of rotatable bonds is 4. The molecule has 1 aromatic heterocycles. The fraction of sp³-hybridized carbons (Fsp3) is 0.333. The summed E-state index contributed by atoms with van der Waals surface area (Å²) in [5.74, 6) is -0.537. The van der Waals surface area contributed by atoms with E-state index in [0.29, 0.717) is 0 Å². The Hall–Kier alpha value is -1.14. The van der Waals surface area contributed by atoms with Crippen LogP contribution in [0.2, 0.25) is 5.15 Å². The van der Waals surface area contributed by atoms with Crippen LogP contribution < -0.4 is 5.32 Å². The molecule has 1 heterocycles. The number of nitrogens with zero attached hydrogens (tertiary/aromatic N) is 1. The Balaban J connectivity index is 2.54. The Kier molecular flexibility index (Phi) is 4.26. The van der Waals surface area contributed by atoms with E-state index in [1.165, 1.54) is 6.07 Å². The van der Waals surface area contributed by atoms with Gasteiger partial charge in [-0.15, -0.1) is 0 Å². The van der Waals surface area contributed by atoms with E-state index in [9.17, 15) is 13.2 Å². The second-order valence-electron chi connectivity index (χ2n) is 3.23. The van der Waals surface area contributed by atoms with Gasteiger partial charge >= 0.3 is 0 Å². The van der Waals surface area contributed by atoms with Gasteiger partial charge in [0.25, 0.3) is 5.91 Å². The Morgan fingerprint density at radius 2 is 2.19 bits per heavy atom. The first-order chi connectivity index (χ1) is 7.38. The van der Waals surface area contributed by atoms with Crippen molar-refractivity contribution in [3.63, 3.8) is 0 Å². The minimum absolute atomic E-state index is 0.0614. The Labute approximate surface area is 98.8 Å². The first-order valence-corrected chi connectivity index (χ1v) is 6.91. The number of nitrogens with one attached hydrogen (secondary N) is 1. The molecule has 0 bridgehead atoms. The number of pyridine rings is 1. The van der Waals surface area contributed by atoms with E-state index in [0.717, 1.165) is 6.26 Å². The lowest BCUT2D eigenvalue weighted by molar-refractivity contribution is 0.0951. The topological polar surface area (TPSA) is 76.1 Å². The highest BCUT2D eigenvalue weighted by atomic mass is 35.5. The van der Waals surface area contributed by atoms with Gasteiger partial charge in [-0.05, 0) is 12.1 Å². The minimum atomic E-state index is -3.07. The molecule has 1 N–H and O–H groups in total. The van der Waals surface area contributed by atoms with Crippen LogP contribution in [0.1, 0.15) is 10.5 Å². The molecule has 0 fully saturated rings. The number of halogens is 1. The van der Waals surface area contributed by atoms with Gasteiger partial charge in [0, 0.05) is 12.8 Å². The van der Waals surface area contributed by atoms with Crippen LogP contribution >= 0.6 is 11.6 Å². The molecule has 0 spiro atoms. The van der Waals surface area contributed by atoms with Gasteiger partial charge in [-0.2, -0.15) is 0 Å². The Bertz CT molecular complexity index is 487. The van der Waals surface area contributed by atoms with Crippen LogP contribution in [-0.4, -0.2) is 37.9 Å². The fourth-order valence-electron chi connectivity index (χ4n) is 0.975. The third kappa shape index (κ3) is 4.59. The van der Waals surface area contributed by atoms with Crippen LogP contribution in [0, 0.1) is 0 Å². The Morgan fingerprint density at radius 1 is 1.50 bits per heavy atom. The maximum absolute atomic E-state index is 11.5. The molecule has 5 nitrogen and oxygen atoms in total. The monoisotopic (exact) mass is 262 g/mol. The highest BCUT2D eigenvalue weighted by Crippen LogP contribution is 2.04. The molecule has 0 saturated carbocycles. The van der Waals surface area contributed by atoms with Crippen LogP contribution in [0.25, 0.3) is 0 Å². The quantitative estimate of drug-likeness (QED) is 0.802. The molecule has 7 heteroatoms. The first kappa shape index (κ1) is 12.9. The number of amides is 1. The third-order valence-corrected chi connectivity index (χ3v) is 2.86. The molecule has 1 amide bonds. The Morgan fingerprint density at radius 3 is 2.75 bits per heavy atom. The summed E-state index contributed by atoms with van der Waals surface area (Å²) in [4.78, 5) is 15.2. The van der Waals surface area contributed by atoms with Crippen LogP contribution in [0.15, 0.2) is 18.2 Å². The standard InChI is InChI=1S/C9H11ClN2O3S/c1-16(14,15)6-5-11-9(13)7-3-2-4-8(10)12-7/h2-4H,5-6H2,1H3,(H,11,13). The largest absolute Gasteiger partial charge is 0.350 e. The number of hydrogen-bond donors (Lipinski definition) is 1. The van der Waals surface area contributed by atoms with Crippen molar-refractivity contribution >= 4 is 27.3 Å². The lowest BCUT2D eigenvalue weighted by Gasteiger charge is -2.03. The summed E-state index contributed by atoms with van der Waals surface area (Å²) >= 11 is 5.61. The second kappa shape index (κ2) is 5.27. The van der Waals surface area contributed by atoms with E-state index >= 15 is 0 Å². The van der Waals surface area contributed by atoms with Crippen LogP contribution in [-0.2, 0) is 9.84 Å². The van der Waals surface area contributed by atoms with Crippen molar-refractivity contribution in [2.45, 2.75) is 0 Å². The summed E-state index contributed by atoms with van der Waals surface area (Å²) in [6.07, 6.45) is 1.11. The number of sulfone groups is 1. The zero-order valence-corrected chi connectivity index (χ0v) is 10.2.